The lowest BCUT2D eigenvalue weighted by Gasteiger charge is -2.07. The van der Waals surface area contributed by atoms with Gasteiger partial charge in [0.2, 0.25) is 0 Å². The average molecular weight is 280 g/mol. The van der Waals surface area contributed by atoms with Crippen LogP contribution in [0.4, 0.5) is 23.0 Å². The minimum absolute atomic E-state index is 0.112. The van der Waals surface area contributed by atoms with E-state index in [4.69, 9.17) is 17.4 Å². The maximum Gasteiger partial charge on any atom is 0.276 e. The van der Waals surface area contributed by atoms with Crippen molar-refractivity contribution in [1.29, 1.82) is 0 Å². The summed E-state index contributed by atoms with van der Waals surface area (Å²) in [6, 6.07) is 9.42. The number of nitrogens with one attached hydrogen (secondary N) is 2. The van der Waals surface area contributed by atoms with Gasteiger partial charge in [-0.05, 0) is 24.3 Å². The van der Waals surface area contributed by atoms with Crippen molar-refractivity contribution in [3.63, 3.8) is 0 Å². The molecule has 2 aromatic rings. The minimum Gasteiger partial charge on any atom is -0.340 e. The number of aromatic nitrogens is 1. The number of hydrogen-bond acceptors (Lipinski definition) is 6. The molecular formula is C11H10ClN5O2. The number of halogens is 1. The maximum atomic E-state index is 10.8. The second-order valence-corrected chi connectivity index (χ2v) is 4.07. The van der Waals surface area contributed by atoms with Crippen LogP contribution in [0.1, 0.15) is 0 Å². The molecule has 0 saturated heterocycles. The standard InChI is InChI=1S/C11H10ClN5O2/c12-7-1-3-8(4-2-7)14-10-5-9(17(18)19)6-11(15-10)16-13/h1-6H,13H2,(H2,14,15,16). The van der Waals surface area contributed by atoms with Gasteiger partial charge in [-0.2, -0.15) is 0 Å². The molecule has 1 aromatic heterocycles. The van der Waals surface area contributed by atoms with E-state index in [0.717, 1.165) is 0 Å². The highest BCUT2D eigenvalue weighted by Gasteiger charge is 2.10. The lowest BCUT2D eigenvalue weighted by atomic mass is 10.3. The van der Waals surface area contributed by atoms with Gasteiger partial charge in [0.15, 0.2) is 0 Å². The molecule has 0 fully saturated rings. The third-order valence-corrected chi connectivity index (χ3v) is 2.54. The molecule has 1 aromatic carbocycles. The Hall–Kier alpha value is -2.38. The molecule has 0 aliphatic carbocycles. The third kappa shape index (κ3) is 3.30. The number of anilines is 3. The topological polar surface area (TPSA) is 106 Å². The fourth-order valence-corrected chi connectivity index (χ4v) is 1.57. The first kappa shape index (κ1) is 13.1. The summed E-state index contributed by atoms with van der Waals surface area (Å²) in [6.45, 7) is 0. The van der Waals surface area contributed by atoms with Crippen molar-refractivity contribution in [2.75, 3.05) is 10.7 Å². The van der Waals surface area contributed by atoms with Gasteiger partial charge >= 0.3 is 0 Å². The number of hydrogen-bond donors (Lipinski definition) is 3. The minimum atomic E-state index is -0.518. The number of benzene rings is 1. The number of pyridine rings is 1. The molecule has 0 atom stereocenters. The van der Waals surface area contributed by atoms with E-state index in [1.807, 2.05) is 0 Å². The van der Waals surface area contributed by atoms with Crippen LogP contribution in [-0.2, 0) is 0 Å². The Morgan fingerprint density at radius 3 is 2.42 bits per heavy atom. The van der Waals surface area contributed by atoms with E-state index >= 15 is 0 Å². The van der Waals surface area contributed by atoms with Crippen molar-refractivity contribution >= 4 is 34.6 Å². The zero-order chi connectivity index (χ0) is 13.8. The molecule has 0 aliphatic heterocycles. The summed E-state index contributed by atoms with van der Waals surface area (Å²) in [5, 5.41) is 14.3. The van der Waals surface area contributed by atoms with Gasteiger partial charge in [-0.25, -0.2) is 10.8 Å². The molecule has 98 valence electrons. The Labute approximate surface area is 113 Å². The Morgan fingerprint density at radius 2 is 1.84 bits per heavy atom. The molecule has 0 unspecified atom stereocenters. The highest BCUT2D eigenvalue weighted by atomic mass is 35.5. The van der Waals surface area contributed by atoms with Crippen LogP contribution in [0.2, 0.25) is 5.02 Å². The maximum absolute atomic E-state index is 10.8. The lowest BCUT2D eigenvalue weighted by Crippen LogP contribution is -2.10. The van der Waals surface area contributed by atoms with E-state index in [-0.39, 0.29) is 11.5 Å². The molecule has 2 rings (SSSR count). The van der Waals surface area contributed by atoms with Crippen molar-refractivity contribution in [3.05, 3.63) is 51.5 Å². The van der Waals surface area contributed by atoms with Crippen molar-refractivity contribution in [3.8, 4) is 0 Å². The average Bonchev–Trinajstić information content (AvgIpc) is 2.41. The van der Waals surface area contributed by atoms with Gasteiger partial charge in [-0.3, -0.25) is 10.1 Å². The van der Waals surface area contributed by atoms with Gasteiger partial charge < -0.3 is 10.7 Å². The smallest absolute Gasteiger partial charge is 0.276 e. The third-order valence-electron chi connectivity index (χ3n) is 2.29. The van der Waals surface area contributed by atoms with E-state index in [0.29, 0.717) is 16.5 Å². The van der Waals surface area contributed by atoms with Crippen LogP contribution in [0.15, 0.2) is 36.4 Å². The summed E-state index contributed by atoms with van der Waals surface area (Å²) in [4.78, 5) is 14.3. The molecule has 1 heterocycles. The van der Waals surface area contributed by atoms with E-state index in [2.05, 4.69) is 15.7 Å². The predicted octanol–water partition coefficient (Wildman–Crippen LogP) is 2.67. The highest BCUT2D eigenvalue weighted by molar-refractivity contribution is 6.30. The lowest BCUT2D eigenvalue weighted by molar-refractivity contribution is -0.384. The van der Waals surface area contributed by atoms with Gasteiger partial charge in [-0.1, -0.05) is 11.6 Å². The van der Waals surface area contributed by atoms with Crippen LogP contribution in [0.3, 0.4) is 0 Å². The Balaban J connectivity index is 2.31. The number of nitro groups is 1. The number of hydrazine groups is 1. The van der Waals surface area contributed by atoms with Crippen molar-refractivity contribution in [2.24, 2.45) is 5.84 Å². The zero-order valence-electron chi connectivity index (χ0n) is 9.63. The number of nitrogens with zero attached hydrogens (tertiary/aromatic N) is 2. The summed E-state index contributed by atoms with van der Waals surface area (Å²) in [7, 11) is 0. The van der Waals surface area contributed by atoms with Gasteiger partial charge in [0, 0.05) is 10.7 Å². The van der Waals surface area contributed by atoms with Crippen LogP contribution in [-0.4, -0.2) is 9.91 Å². The van der Waals surface area contributed by atoms with Crippen LogP contribution in [0.5, 0.6) is 0 Å². The van der Waals surface area contributed by atoms with Crippen molar-refractivity contribution in [1.82, 2.24) is 4.98 Å². The molecule has 0 spiro atoms. The van der Waals surface area contributed by atoms with Crippen LogP contribution in [0, 0.1) is 10.1 Å². The van der Waals surface area contributed by atoms with Gasteiger partial charge in [-0.15, -0.1) is 0 Å². The van der Waals surface area contributed by atoms with E-state index in [1.54, 1.807) is 24.3 Å². The second kappa shape index (κ2) is 5.51. The SMILES string of the molecule is NNc1cc([N+](=O)[O-])cc(Nc2ccc(Cl)cc2)n1. The highest BCUT2D eigenvalue weighted by Crippen LogP contribution is 2.23. The fourth-order valence-electron chi connectivity index (χ4n) is 1.44. The number of nitrogen functional groups attached to an aromatic ring is 1. The molecule has 0 bridgehead atoms. The van der Waals surface area contributed by atoms with Gasteiger partial charge in [0.1, 0.15) is 11.6 Å². The monoisotopic (exact) mass is 279 g/mol. The summed E-state index contributed by atoms with van der Waals surface area (Å²) in [5.74, 6) is 5.73. The van der Waals surface area contributed by atoms with Crippen LogP contribution >= 0.6 is 11.6 Å². The summed E-state index contributed by atoms with van der Waals surface area (Å²) in [6.07, 6.45) is 0. The van der Waals surface area contributed by atoms with Crippen molar-refractivity contribution < 1.29 is 4.92 Å². The number of nitrogens with two attached hydrogens (primary N) is 1. The Kier molecular flexibility index (Phi) is 3.79. The quantitative estimate of drug-likeness (QED) is 0.451. The van der Waals surface area contributed by atoms with Crippen LogP contribution < -0.4 is 16.6 Å². The Bertz CT molecular complexity index is 603. The molecule has 0 saturated carbocycles. The zero-order valence-corrected chi connectivity index (χ0v) is 10.4. The summed E-state index contributed by atoms with van der Waals surface area (Å²) in [5.41, 5.74) is 2.88. The molecular weight excluding hydrogens is 270 g/mol. The molecule has 19 heavy (non-hydrogen) atoms. The second-order valence-electron chi connectivity index (χ2n) is 3.63. The summed E-state index contributed by atoms with van der Waals surface area (Å²) < 4.78 is 0. The van der Waals surface area contributed by atoms with Gasteiger partial charge in [0.05, 0.1) is 17.1 Å². The molecule has 0 radical (unpaired) electrons. The number of rotatable bonds is 4. The van der Waals surface area contributed by atoms with E-state index in [9.17, 15) is 10.1 Å². The molecule has 7 nitrogen and oxygen atoms in total. The van der Waals surface area contributed by atoms with E-state index < -0.39 is 4.92 Å². The van der Waals surface area contributed by atoms with E-state index in [1.165, 1.54) is 12.1 Å². The molecule has 0 amide bonds. The molecule has 8 heteroatoms. The summed E-state index contributed by atoms with van der Waals surface area (Å²) >= 11 is 5.77. The first-order valence-electron chi connectivity index (χ1n) is 5.24. The Morgan fingerprint density at radius 1 is 1.21 bits per heavy atom. The predicted molar refractivity (Wildman–Crippen MR) is 73.4 cm³/mol. The van der Waals surface area contributed by atoms with Gasteiger partial charge in [0.25, 0.3) is 5.69 Å². The first-order valence-corrected chi connectivity index (χ1v) is 5.62. The molecule has 4 N–H and O–H groups in total. The molecule has 0 aliphatic rings. The largest absolute Gasteiger partial charge is 0.340 e. The normalized spacial score (nSPS) is 10.0. The fraction of sp³-hybridized carbons (Fsp3) is 0. The van der Waals surface area contributed by atoms with Crippen LogP contribution in [0.25, 0.3) is 0 Å². The van der Waals surface area contributed by atoms with Crippen molar-refractivity contribution in [2.45, 2.75) is 0 Å². The first-order chi connectivity index (χ1) is 9.08.